The molecule has 0 rings (SSSR count). The maximum Gasteiger partial charge on any atom is 0.0535 e. The van der Waals surface area contributed by atoms with Crippen LogP contribution >= 0.6 is 0 Å². The summed E-state index contributed by atoms with van der Waals surface area (Å²) in [6, 6.07) is 25.1. The molecule has 0 unspecified atom stereocenters. The van der Waals surface area contributed by atoms with Crippen LogP contribution in [0.15, 0.2) is 5.11 Å². The van der Waals surface area contributed by atoms with E-state index in [4.69, 9.17) is 5.53 Å². The molecule has 0 aromatic carbocycles. The van der Waals surface area contributed by atoms with E-state index in [1.807, 2.05) is 0 Å². The first-order valence-electron chi connectivity index (χ1n) is 21.2. The van der Waals surface area contributed by atoms with Gasteiger partial charge in [0, 0.05) is 11.5 Å². The van der Waals surface area contributed by atoms with E-state index < -0.39 is 32.3 Å². The molecule has 46 heavy (non-hydrogen) atoms. The van der Waals surface area contributed by atoms with Gasteiger partial charge in [0.05, 0.1) is 32.3 Å². The van der Waals surface area contributed by atoms with Gasteiger partial charge in [-0.15, -0.1) is 0 Å². The Morgan fingerprint density at radius 3 is 0.717 bits per heavy atom. The van der Waals surface area contributed by atoms with Crippen LogP contribution in [0.4, 0.5) is 0 Å². The zero-order valence-electron chi connectivity index (χ0n) is 33.6. The molecule has 0 aromatic heterocycles. The summed E-state index contributed by atoms with van der Waals surface area (Å²) in [6.45, 7) is 22.9. The lowest BCUT2D eigenvalue weighted by Crippen LogP contribution is -2.39. The van der Waals surface area contributed by atoms with Crippen molar-refractivity contribution in [3.8, 4) is 0 Å². The Balaban J connectivity index is 6.39. The van der Waals surface area contributed by atoms with Crippen LogP contribution in [-0.2, 0) is 0 Å². The third-order valence-corrected chi connectivity index (χ3v) is 36.2. The summed E-state index contributed by atoms with van der Waals surface area (Å²) in [5.74, 6) is 0. The average molecular weight is 710 g/mol. The number of hydrogen-bond donors (Lipinski definition) is 0. The van der Waals surface area contributed by atoms with E-state index in [0.29, 0.717) is 0 Å². The van der Waals surface area contributed by atoms with Crippen LogP contribution < -0.4 is 0 Å². The summed E-state index contributed by atoms with van der Waals surface area (Å²) in [7, 11) is -4.94. The van der Waals surface area contributed by atoms with Gasteiger partial charge in [-0.25, -0.2) is 0 Å². The molecule has 0 aliphatic heterocycles. The predicted molar refractivity (Wildman–Crippen MR) is 225 cm³/mol. The van der Waals surface area contributed by atoms with Gasteiger partial charge in [-0.05, 0) is 5.53 Å². The standard InChI is InChI=1S/C39H87N3Si4/c1-10-24-43(25-11-2,26-12-3)34-20-37-46(33-19-23-41-42-40,38-21-35-44(27-13-4,28-14-5)29-15-6)39-22-36-45(30-16-7,31-17-8)32-18-9/h10-39H2,1-9H3. The predicted octanol–water partition coefficient (Wildman–Crippen LogP) is 16.3. The van der Waals surface area contributed by atoms with Gasteiger partial charge in [0.15, 0.2) is 0 Å². The van der Waals surface area contributed by atoms with Gasteiger partial charge < -0.3 is 0 Å². The first kappa shape index (κ1) is 46.2. The second kappa shape index (κ2) is 27.9. The van der Waals surface area contributed by atoms with E-state index in [1.54, 1.807) is 90.7 Å². The summed E-state index contributed by atoms with van der Waals surface area (Å²) >= 11 is 0. The molecule has 3 nitrogen and oxygen atoms in total. The van der Waals surface area contributed by atoms with Crippen LogP contribution in [0.5, 0.6) is 0 Å². The maximum atomic E-state index is 9.13. The Bertz CT molecular complexity index is 626. The number of azide groups is 1. The third-order valence-electron chi connectivity index (χ3n) is 12.3. The molecule has 0 heterocycles. The first-order chi connectivity index (χ1) is 22.2. The fourth-order valence-corrected chi connectivity index (χ4v) is 33.9. The van der Waals surface area contributed by atoms with Crippen molar-refractivity contribution in [1.29, 1.82) is 0 Å². The van der Waals surface area contributed by atoms with Crippen molar-refractivity contribution in [3.05, 3.63) is 10.4 Å². The second-order valence-electron chi connectivity index (χ2n) is 16.4. The molecule has 0 spiro atoms. The third kappa shape index (κ3) is 18.3. The topological polar surface area (TPSA) is 48.8 Å². The van der Waals surface area contributed by atoms with Gasteiger partial charge in [-0.1, -0.05) is 248 Å². The van der Waals surface area contributed by atoms with Crippen LogP contribution in [0.3, 0.4) is 0 Å². The lowest BCUT2D eigenvalue weighted by Gasteiger charge is -2.38. The van der Waals surface area contributed by atoms with Crippen molar-refractivity contribution in [1.82, 2.24) is 0 Å². The van der Waals surface area contributed by atoms with Gasteiger partial charge in [0.1, 0.15) is 0 Å². The lowest BCUT2D eigenvalue weighted by molar-refractivity contribution is 0.811. The molecule has 0 aliphatic carbocycles. The van der Waals surface area contributed by atoms with Crippen molar-refractivity contribution in [2.24, 2.45) is 5.11 Å². The monoisotopic (exact) mass is 710 g/mol. The molecule has 0 radical (unpaired) electrons. The number of nitrogens with zero attached hydrogens (tertiary/aromatic N) is 3. The fourth-order valence-electron chi connectivity index (χ4n) is 10.9. The van der Waals surface area contributed by atoms with Crippen molar-refractivity contribution in [2.75, 3.05) is 6.54 Å². The van der Waals surface area contributed by atoms with E-state index in [2.05, 4.69) is 72.3 Å². The van der Waals surface area contributed by atoms with Gasteiger partial charge in [-0.2, -0.15) is 0 Å². The largest absolute Gasteiger partial charge is 0.0940 e. The van der Waals surface area contributed by atoms with E-state index in [0.717, 1.165) is 13.0 Å². The minimum atomic E-state index is -1.47. The van der Waals surface area contributed by atoms with Crippen LogP contribution in [0.2, 0.25) is 96.7 Å². The quantitative estimate of drug-likeness (QED) is 0.0210. The van der Waals surface area contributed by atoms with Gasteiger partial charge in [0.25, 0.3) is 0 Å². The Labute approximate surface area is 295 Å². The summed E-state index contributed by atoms with van der Waals surface area (Å²) in [4.78, 5) is 3.18. The number of rotatable bonds is 34. The molecule has 7 heteroatoms. The lowest BCUT2D eigenvalue weighted by atomic mass is 10.5. The molecule has 0 bridgehead atoms. The molecule has 0 N–H and O–H groups in total. The second-order valence-corrected chi connectivity index (χ2v) is 36.4. The molecule has 0 aromatic rings. The molecular weight excluding hydrogens is 623 g/mol. The zero-order valence-corrected chi connectivity index (χ0v) is 37.6. The molecule has 0 aliphatic rings. The highest BCUT2D eigenvalue weighted by molar-refractivity contribution is 6.83. The van der Waals surface area contributed by atoms with E-state index in [9.17, 15) is 0 Å². The van der Waals surface area contributed by atoms with Gasteiger partial charge >= 0.3 is 0 Å². The summed E-state index contributed by atoms with van der Waals surface area (Å²) in [6.07, 6.45) is 18.4. The average Bonchev–Trinajstić information content (AvgIpc) is 3.00. The van der Waals surface area contributed by atoms with Crippen LogP contribution in [0, 0.1) is 0 Å². The van der Waals surface area contributed by atoms with Crippen LogP contribution in [0.25, 0.3) is 10.4 Å². The number of hydrogen-bond acceptors (Lipinski definition) is 1. The molecule has 0 saturated carbocycles. The summed E-state index contributed by atoms with van der Waals surface area (Å²) < 4.78 is 0. The van der Waals surface area contributed by atoms with Crippen molar-refractivity contribution >= 4 is 32.3 Å². The molecule has 274 valence electrons. The Morgan fingerprint density at radius 1 is 0.326 bits per heavy atom. The molecule has 0 amide bonds. The Hall–Kier alpha value is 0.178. The Kier molecular flexibility index (Phi) is 28.0. The maximum absolute atomic E-state index is 9.13. The van der Waals surface area contributed by atoms with Gasteiger partial charge in [-0.3, -0.25) is 0 Å². The van der Waals surface area contributed by atoms with Crippen LogP contribution in [0.1, 0.15) is 146 Å². The van der Waals surface area contributed by atoms with Crippen molar-refractivity contribution < 1.29 is 0 Å². The first-order valence-corrected chi connectivity index (χ1v) is 32.6. The summed E-state index contributed by atoms with van der Waals surface area (Å²) in [5, 5.41) is 4.08. The minimum absolute atomic E-state index is 0.728. The van der Waals surface area contributed by atoms with E-state index in [1.165, 1.54) is 83.1 Å². The van der Waals surface area contributed by atoms with Crippen molar-refractivity contribution in [2.45, 2.75) is 242 Å². The zero-order chi connectivity index (χ0) is 34.6. The normalized spacial score (nSPS) is 12.9. The summed E-state index contributed by atoms with van der Waals surface area (Å²) in [5.41, 5.74) is 9.13. The molecule has 0 saturated heterocycles. The highest BCUT2D eigenvalue weighted by Crippen LogP contribution is 2.41. The molecular formula is C39H87N3Si4. The Morgan fingerprint density at radius 2 is 0.522 bits per heavy atom. The smallest absolute Gasteiger partial charge is 0.0535 e. The molecule has 0 atom stereocenters. The van der Waals surface area contributed by atoms with Crippen molar-refractivity contribution in [3.63, 3.8) is 0 Å². The minimum Gasteiger partial charge on any atom is -0.0940 e. The van der Waals surface area contributed by atoms with E-state index >= 15 is 0 Å². The van der Waals surface area contributed by atoms with E-state index in [-0.39, 0.29) is 0 Å². The highest BCUT2D eigenvalue weighted by atomic mass is 28.3. The fraction of sp³-hybridized carbons (Fsp3) is 1.00. The SMILES string of the molecule is CCC[Si](CCC)(CCC)CCC[Si](CCCN=[N+]=[N-])(CCC[Si](CCC)(CCC)CCC)CCC[Si](CCC)(CCC)CCC. The molecule has 0 fully saturated rings. The highest BCUT2D eigenvalue weighted by Gasteiger charge is 2.38. The van der Waals surface area contributed by atoms with Gasteiger partial charge in [0.2, 0.25) is 0 Å². The van der Waals surface area contributed by atoms with Crippen LogP contribution in [-0.4, -0.2) is 38.8 Å².